The lowest BCUT2D eigenvalue weighted by Crippen LogP contribution is -2.25. The van der Waals surface area contributed by atoms with Crippen LogP contribution in [-0.2, 0) is 14.3 Å². The quantitative estimate of drug-likeness (QED) is 0.576. The van der Waals surface area contributed by atoms with E-state index in [9.17, 15) is 9.59 Å². The maximum absolute atomic E-state index is 11.3. The first-order valence-electron chi connectivity index (χ1n) is 3.96. The van der Waals surface area contributed by atoms with Gasteiger partial charge in [-0.05, 0) is 13.8 Å². The van der Waals surface area contributed by atoms with Crippen LogP contribution >= 0.6 is 31.9 Å². The Morgan fingerprint density at radius 1 is 1.38 bits per heavy atom. The van der Waals surface area contributed by atoms with Crippen molar-refractivity contribution in [2.75, 3.05) is 6.61 Å². The van der Waals surface area contributed by atoms with Crippen molar-refractivity contribution < 1.29 is 14.3 Å². The molecule has 13 heavy (non-hydrogen) atoms. The summed E-state index contributed by atoms with van der Waals surface area (Å²) in [6, 6.07) is 0. The van der Waals surface area contributed by atoms with E-state index in [1.807, 2.05) is 0 Å². The second-order valence-electron chi connectivity index (χ2n) is 2.50. The molecule has 0 aliphatic heterocycles. The van der Waals surface area contributed by atoms with E-state index in [1.165, 1.54) is 0 Å². The van der Waals surface area contributed by atoms with E-state index >= 15 is 0 Å². The van der Waals surface area contributed by atoms with Crippen LogP contribution in [0.5, 0.6) is 0 Å². The van der Waals surface area contributed by atoms with Gasteiger partial charge in [0.25, 0.3) is 0 Å². The highest BCUT2D eigenvalue weighted by atomic mass is 79.9. The molecular weight excluding hydrogens is 304 g/mol. The average molecular weight is 316 g/mol. The Bertz CT molecular complexity index is 192. The number of halogens is 2. The first kappa shape index (κ1) is 13.1. The Kier molecular flexibility index (Phi) is 6.59. The number of rotatable bonds is 5. The summed E-state index contributed by atoms with van der Waals surface area (Å²) in [6.45, 7) is 3.80. The highest BCUT2D eigenvalue weighted by Gasteiger charge is 2.22. The van der Waals surface area contributed by atoms with Crippen LogP contribution in [0, 0.1) is 0 Å². The number of ketones is 1. The summed E-state index contributed by atoms with van der Waals surface area (Å²) in [7, 11) is 0. The van der Waals surface area contributed by atoms with Gasteiger partial charge in [-0.2, -0.15) is 0 Å². The Morgan fingerprint density at radius 2 is 1.92 bits per heavy atom. The summed E-state index contributed by atoms with van der Waals surface area (Å²) in [5, 5.41) is 0. The van der Waals surface area contributed by atoms with Crippen LogP contribution in [0.2, 0.25) is 0 Å². The highest BCUT2D eigenvalue weighted by molar-refractivity contribution is 9.10. The van der Waals surface area contributed by atoms with Crippen LogP contribution in [0.25, 0.3) is 0 Å². The van der Waals surface area contributed by atoms with Crippen molar-refractivity contribution >= 4 is 43.6 Å². The third-order valence-electron chi connectivity index (χ3n) is 1.35. The molecule has 0 spiro atoms. The third-order valence-corrected chi connectivity index (χ3v) is 2.58. The van der Waals surface area contributed by atoms with E-state index in [4.69, 9.17) is 4.74 Å². The Balaban J connectivity index is 3.92. The van der Waals surface area contributed by atoms with Crippen LogP contribution < -0.4 is 0 Å². The second kappa shape index (κ2) is 6.54. The topological polar surface area (TPSA) is 43.4 Å². The van der Waals surface area contributed by atoms with Crippen molar-refractivity contribution in [3.63, 3.8) is 0 Å². The summed E-state index contributed by atoms with van der Waals surface area (Å²) in [5.74, 6) is -0.404. The van der Waals surface area contributed by atoms with Gasteiger partial charge in [0.1, 0.15) is 0 Å². The minimum atomic E-state index is -0.457. The lowest BCUT2D eigenvalue weighted by molar-refractivity contribution is -0.143. The molecule has 0 aromatic carbocycles. The number of carbonyl (C=O) groups excluding carboxylic acids is 2. The van der Waals surface area contributed by atoms with E-state index in [0.717, 1.165) is 0 Å². The summed E-state index contributed by atoms with van der Waals surface area (Å²) >= 11 is 6.27. The van der Waals surface area contributed by atoms with Crippen molar-refractivity contribution in [1.82, 2.24) is 0 Å². The van der Waals surface area contributed by atoms with Crippen LogP contribution in [-0.4, -0.2) is 28.0 Å². The molecule has 0 radical (unpaired) electrons. The molecule has 0 aromatic heterocycles. The average Bonchev–Trinajstić information content (AvgIpc) is 2.03. The number of alkyl halides is 2. The van der Waals surface area contributed by atoms with E-state index in [-0.39, 0.29) is 23.0 Å². The van der Waals surface area contributed by atoms with Gasteiger partial charge in [0.15, 0.2) is 5.78 Å². The van der Waals surface area contributed by atoms with Crippen LogP contribution in [0.15, 0.2) is 0 Å². The molecule has 2 atom stereocenters. The molecule has 0 rings (SSSR count). The summed E-state index contributed by atoms with van der Waals surface area (Å²) in [5.41, 5.74) is 0. The molecule has 0 aromatic rings. The van der Waals surface area contributed by atoms with Gasteiger partial charge in [0, 0.05) is 0 Å². The number of ether oxygens (including phenoxy) is 1. The van der Waals surface area contributed by atoms with E-state index < -0.39 is 4.83 Å². The molecule has 0 amide bonds. The normalized spacial score (nSPS) is 14.8. The van der Waals surface area contributed by atoms with Gasteiger partial charge in [-0.15, -0.1) is 0 Å². The zero-order valence-electron chi connectivity index (χ0n) is 7.55. The van der Waals surface area contributed by atoms with Crippen molar-refractivity contribution in [1.29, 1.82) is 0 Å². The van der Waals surface area contributed by atoms with E-state index in [1.54, 1.807) is 13.8 Å². The number of esters is 1. The standard InChI is InChI=1S/C8H12Br2O3/c1-3-13-7(11)4-6(10)8(12)5(2)9/h5-6H,3-4H2,1-2H3. The van der Waals surface area contributed by atoms with E-state index in [0.29, 0.717) is 6.61 Å². The molecule has 0 heterocycles. The maximum atomic E-state index is 11.3. The minimum Gasteiger partial charge on any atom is -0.466 e. The molecule has 76 valence electrons. The third kappa shape index (κ3) is 5.41. The molecule has 3 nitrogen and oxygen atoms in total. The lowest BCUT2D eigenvalue weighted by atomic mass is 10.2. The van der Waals surface area contributed by atoms with Gasteiger partial charge in [0.05, 0.1) is 22.7 Å². The van der Waals surface area contributed by atoms with Crippen molar-refractivity contribution in [3.8, 4) is 0 Å². The fourth-order valence-corrected chi connectivity index (χ4v) is 2.05. The Morgan fingerprint density at radius 3 is 2.31 bits per heavy atom. The minimum absolute atomic E-state index is 0.0481. The first-order valence-corrected chi connectivity index (χ1v) is 5.79. The molecule has 0 saturated heterocycles. The number of hydrogen-bond donors (Lipinski definition) is 0. The zero-order chi connectivity index (χ0) is 10.4. The monoisotopic (exact) mass is 314 g/mol. The fourth-order valence-electron chi connectivity index (χ4n) is 0.716. The fraction of sp³-hybridized carbons (Fsp3) is 0.750. The smallest absolute Gasteiger partial charge is 0.307 e. The van der Waals surface area contributed by atoms with Gasteiger partial charge in [-0.25, -0.2) is 0 Å². The zero-order valence-corrected chi connectivity index (χ0v) is 10.7. The van der Waals surface area contributed by atoms with Gasteiger partial charge in [-0.3, -0.25) is 9.59 Å². The Hall–Kier alpha value is 0.1000. The summed E-state index contributed by atoms with van der Waals surface area (Å²) in [4.78, 5) is 21.5. The van der Waals surface area contributed by atoms with Gasteiger partial charge in [0.2, 0.25) is 0 Å². The second-order valence-corrected chi connectivity index (χ2v) is 4.97. The molecular formula is C8H12Br2O3. The molecule has 5 heteroatoms. The summed E-state index contributed by atoms with van der Waals surface area (Å²) < 4.78 is 4.71. The first-order chi connectivity index (χ1) is 5.99. The highest BCUT2D eigenvalue weighted by Crippen LogP contribution is 2.13. The maximum Gasteiger partial charge on any atom is 0.307 e. The number of hydrogen-bond acceptors (Lipinski definition) is 3. The van der Waals surface area contributed by atoms with Gasteiger partial charge < -0.3 is 4.74 Å². The van der Waals surface area contributed by atoms with Gasteiger partial charge >= 0.3 is 5.97 Å². The molecule has 2 unspecified atom stereocenters. The summed E-state index contributed by atoms with van der Waals surface area (Å²) in [6.07, 6.45) is 0.0859. The molecule has 0 aliphatic carbocycles. The largest absolute Gasteiger partial charge is 0.466 e. The van der Waals surface area contributed by atoms with Crippen LogP contribution in [0.1, 0.15) is 20.3 Å². The predicted octanol–water partition coefficient (Wildman–Crippen LogP) is 2.06. The van der Waals surface area contributed by atoms with Crippen molar-refractivity contribution in [2.45, 2.75) is 29.9 Å². The number of Topliss-reactive ketones (excluding diaryl/α,β-unsaturated/α-hetero) is 1. The molecule has 0 N–H and O–H groups in total. The molecule has 0 saturated carbocycles. The molecule has 0 bridgehead atoms. The molecule has 0 aliphatic rings. The SMILES string of the molecule is CCOC(=O)CC(Br)C(=O)C(C)Br. The molecule has 0 fully saturated rings. The van der Waals surface area contributed by atoms with Gasteiger partial charge in [-0.1, -0.05) is 31.9 Å². The van der Waals surface area contributed by atoms with E-state index in [2.05, 4.69) is 31.9 Å². The van der Waals surface area contributed by atoms with Crippen molar-refractivity contribution in [2.24, 2.45) is 0 Å². The van der Waals surface area contributed by atoms with Crippen molar-refractivity contribution in [3.05, 3.63) is 0 Å². The lowest BCUT2D eigenvalue weighted by Gasteiger charge is -2.09. The number of carbonyl (C=O) groups is 2. The predicted molar refractivity (Wildman–Crippen MR) is 57.4 cm³/mol. The van der Waals surface area contributed by atoms with Crippen LogP contribution in [0.3, 0.4) is 0 Å². The Labute approximate surface area is 94.5 Å². The van der Waals surface area contributed by atoms with Crippen LogP contribution in [0.4, 0.5) is 0 Å².